The maximum Gasteiger partial charge on any atom is 0.158 e. The highest BCUT2D eigenvalue weighted by molar-refractivity contribution is 5.79. The van der Waals surface area contributed by atoms with Gasteiger partial charge in [-0.05, 0) is 13.3 Å². The zero-order valence-electron chi connectivity index (χ0n) is 16.0. The van der Waals surface area contributed by atoms with Gasteiger partial charge in [-0.2, -0.15) is 0 Å². The van der Waals surface area contributed by atoms with Gasteiger partial charge in [0.25, 0.3) is 0 Å². The fraction of sp³-hybridized carbons (Fsp3) is 0.952. The quantitative estimate of drug-likeness (QED) is 0.288. The molecule has 0 saturated heterocycles. The third-order valence-corrected chi connectivity index (χ3v) is 4.80. The number of carbonyl (C=O) groups excluding carboxylic acids is 1. The summed E-state index contributed by atoms with van der Waals surface area (Å²) >= 11 is 0. The molecule has 0 aromatic rings. The van der Waals surface area contributed by atoms with Crippen LogP contribution in [0.15, 0.2) is 0 Å². The van der Waals surface area contributed by atoms with Gasteiger partial charge in [0.05, 0.1) is 0 Å². The second-order valence-corrected chi connectivity index (χ2v) is 7.22. The normalized spacial score (nSPS) is 12.5. The fourth-order valence-electron chi connectivity index (χ4n) is 3.09. The standard InChI is InChI=1S/C21H42O2/c1-3-4-5-6-7-8-9-10-11-12-13-14-15-16-17-18-19-21(23)20(2)22/h21,23H,3-19H2,1-2H3. The van der Waals surface area contributed by atoms with Crippen molar-refractivity contribution in [3.8, 4) is 0 Å². The van der Waals surface area contributed by atoms with Gasteiger partial charge in [-0.15, -0.1) is 0 Å². The van der Waals surface area contributed by atoms with Crippen molar-refractivity contribution >= 4 is 5.78 Å². The molecule has 0 aliphatic carbocycles. The summed E-state index contributed by atoms with van der Waals surface area (Å²) in [5.74, 6) is -0.0917. The zero-order chi connectivity index (χ0) is 17.2. The van der Waals surface area contributed by atoms with Crippen LogP contribution in [0.5, 0.6) is 0 Å². The van der Waals surface area contributed by atoms with Crippen LogP contribution in [0.25, 0.3) is 0 Å². The van der Waals surface area contributed by atoms with Crippen molar-refractivity contribution in [1.82, 2.24) is 0 Å². The maximum absolute atomic E-state index is 10.9. The molecule has 0 radical (unpaired) electrons. The van der Waals surface area contributed by atoms with Crippen LogP contribution in [-0.4, -0.2) is 17.0 Å². The summed E-state index contributed by atoms with van der Waals surface area (Å²) in [6, 6.07) is 0. The monoisotopic (exact) mass is 326 g/mol. The van der Waals surface area contributed by atoms with E-state index in [-0.39, 0.29) is 5.78 Å². The molecule has 0 aromatic carbocycles. The van der Waals surface area contributed by atoms with Gasteiger partial charge < -0.3 is 5.11 Å². The van der Waals surface area contributed by atoms with E-state index >= 15 is 0 Å². The Labute approximate surface area is 145 Å². The Morgan fingerprint density at radius 3 is 1.26 bits per heavy atom. The first-order valence-corrected chi connectivity index (χ1v) is 10.4. The van der Waals surface area contributed by atoms with Gasteiger partial charge >= 0.3 is 0 Å². The van der Waals surface area contributed by atoms with Gasteiger partial charge in [0.1, 0.15) is 6.10 Å². The second kappa shape index (κ2) is 18.0. The molecule has 0 spiro atoms. The molecule has 2 nitrogen and oxygen atoms in total. The van der Waals surface area contributed by atoms with Crippen molar-refractivity contribution in [1.29, 1.82) is 0 Å². The number of ketones is 1. The first-order chi connectivity index (χ1) is 11.2. The predicted molar refractivity (Wildman–Crippen MR) is 101 cm³/mol. The van der Waals surface area contributed by atoms with Gasteiger partial charge in [0.2, 0.25) is 0 Å². The Balaban J connectivity index is 3.04. The van der Waals surface area contributed by atoms with E-state index in [1.807, 2.05) is 0 Å². The van der Waals surface area contributed by atoms with Crippen LogP contribution in [0.2, 0.25) is 0 Å². The van der Waals surface area contributed by atoms with Crippen molar-refractivity contribution in [2.24, 2.45) is 0 Å². The average molecular weight is 327 g/mol. The predicted octanol–water partition coefficient (Wildman–Crippen LogP) is 6.59. The number of hydrogen-bond acceptors (Lipinski definition) is 2. The number of carbonyl (C=O) groups is 1. The highest BCUT2D eigenvalue weighted by atomic mass is 16.3. The molecular weight excluding hydrogens is 284 g/mol. The van der Waals surface area contributed by atoms with Gasteiger partial charge in [0.15, 0.2) is 5.78 Å². The van der Waals surface area contributed by atoms with Crippen molar-refractivity contribution < 1.29 is 9.90 Å². The van der Waals surface area contributed by atoms with Crippen molar-refractivity contribution in [2.45, 2.75) is 129 Å². The number of hydrogen-bond donors (Lipinski definition) is 1. The Bertz CT molecular complexity index is 250. The highest BCUT2D eigenvalue weighted by Crippen LogP contribution is 2.14. The molecule has 1 atom stereocenters. The summed E-state index contributed by atoms with van der Waals surface area (Å²) in [4.78, 5) is 10.9. The molecule has 0 saturated carbocycles. The molecular formula is C21H42O2. The Morgan fingerprint density at radius 1 is 0.652 bits per heavy atom. The van der Waals surface area contributed by atoms with Crippen LogP contribution in [0.1, 0.15) is 123 Å². The number of Topliss-reactive ketones (excluding diaryl/α,β-unsaturated/α-hetero) is 1. The van der Waals surface area contributed by atoms with Crippen molar-refractivity contribution in [2.75, 3.05) is 0 Å². The molecule has 0 rings (SSSR count). The fourth-order valence-corrected chi connectivity index (χ4v) is 3.09. The molecule has 1 N–H and O–H groups in total. The van der Waals surface area contributed by atoms with Crippen LogP contribution < -0.4 is 0 Å². The average Bonchev–Trinajstić information content (AvgIpc) is 2.54. The van der Waals surface area contributed by atoms with E-state index in [4.69, 9.17) is 0 Å². The second-order valence-electron chi connectivity index (χ2n) is 7.22. The lowest BCUT2D eigenvalue weighted by molar-refractivity contribution is -0.125. The van der Waals surface area contributed by atoms with E-state index in [9.17, 15) is 9.90 Å². The summed E-state index contributed by atoms with van der Waals surface area (Å²) in [6.45, 7) is 3.75. The molecule has 1 unspecified atom stereocenters. The third kappa shape index (κ3) is 17.8. The van der Waals surface area contributed by atoms with Gasteiger partial charge in [-0.1, -0.05) is 110 Å². The topological polar surface area (TPSA) is 37.3 Å². The molecule has 0 fully saturated rings. The molecule has 0 bridgehead atoms. The van der Waals surface area contributed by atoms with Crippen molar-refractivity contribution in [3.63, 3.8) is 0 Å². The Hall–Kier alpha value is -0.370. The molecule has 138 valence electrons. The van der Waals surface area contributed by atoms with Crippen molar-refractivity contribution in [3.05, 3.63) is 0 Å². The molecule has 0 heterocycles. The molecule has 0 amide bonds. The van der Waals surface area contributed by atoms with Crippen LogP contribution in [0.3, 0.4) is 0 Å². The summed E-state index contributed by atoms with van der Waals surface area (Å²) < 4.78 is 0. The largest absolute Gasteiger partial charge is 0.385 e. The minimum Gasteiger partial charge on any atom is -0.385 e. The first kappa shape index (κ1) is 22.6. The smallest absolute Gasteiger partial charge is 0.158 e. The lowest BCUT2D eigenvalue weighted by Gasteiger charge is -2.06. The maximum atomic E-state index is 10.9. The van der Waals surface area contributed by atoms with E-state index in [0.29, 0.717) is 6.42 Å². The zero-order valence-corrected chi connectivity index (χ0v) is 16.0. The number of rotatable bonds is 18. The summed E-state index contributed by atoms with van der Waals surface area (Å²) in [7, 11) is 0. The van der Waals surface area contributed by atoms with Crippen LogP contribution >= 0.6 is 0 Å². The lowest BCUT2D eigenvalue weighted by Crippen LogP contribution is -2.16. The van der Waals surface area contributed by atoms with E-state index < -0.39 is 6.10 Å². The summed E-state index contributed by atoms with van der Waals surface area (Å²) in [5.41, 5.74) is 0. The van der Waals surface area contributed by atoms with Gasteiger partial charge in [-0.3, -0.25) is 4.79 Å². The SMILES string of the molecule is CCCCCCCCCCCCCCCCCCC(O)C(C)=O. The lowest BCUT2D eigenvalue weighted by atomic mass is 10.0. The van der Waals surface area contributed by atoms with E-state index in [0.717, 1.165) is 12.8 Å². The van der Waals surface area contributed by atoms with E-state index in [1.165, 1.54) is 96.8 Å². The summed E-state index contributed by atoms with van der Waals surface area (Å²) in [6.07, 6.45) is 21.6. The summed E-state index contributed by atoms with van der Waals surface area (Å²) in [5, 5.41) is 9.39. The first-order valence-electron chi connectivity index (χ1n) is 10.4. The molecule has 2 heteroatoms. The molecule has 0 aromatic heterocycles. The minimum atomic E-state index is -0.721. The highest BCUT2D eigenvalue weighted by Gasteiger charge is 2.07. The number of aliphatic hydroxyl groups is 1. The third-order valence-electron chi connectivity index (χ3n) is 4.80. The minimum absolute atomic E-state index is 0.0917. The van der Waals surface area contributed by atoms with E-state index in [1.54, 1.807) is 0 Å². The molecule has 0 aliphatic heterocycles. The number of aliphatic hydroxyl groups excluding tert-OH is 1. The molecule has 0 aliphatic rings. The van der Waals surface area contributed by atoms with Gasteiger partial charge in [-0.25, -0.2) is 0 Å². The van der Waals surface area contributed by atoms with Gasteiger partial charge in [0, 0.05) is 0 Å². The van der Waals surface area contributed by atoms with Crippen LogP contribution in [0, 0.1) is 0 Å². The molecule has 23 heavy (non-hydrogen) atoms. The number of unbranched alkanes of at least 4 members (excludes halogenated alkanes) is 15. The van der Waals surface area contributed by atoms with Crippen LogP contribution in [0.4, 0.5) is 0 Å². The Morgan fingerprint density at radius 2 is 0.957 bits per heavy atom. The van der Waals surface area contributed by atoms with Crippen LogP contribution in [-0.2, 0) is 4.79 Å². The van der Waals surface area contributed by atoms with E-state index in [2.05, 4.69) is 6.92 Å². The Kier molecular flexibility index (Phi) is 17.7.